The Morgan fingerprint density at radius 1 is 1.14 bits per heavy atom. The van der Waals surface area contributed by atoms with Crippen molar-refractivity contribution in [3.63, 3.8) is 0 Å². The predicted molar refractivity (Wildman–Crippen MR) is 111 cm³/mol. The molecule has 0 aliphatic heterocycles. The van der Waals surface area contributed by atoms with Gasteiger partial charge in [-0.15, -0.1) is 0 Å². The molecule has 148 valence electrons. The molecule has 2 aromatic carbocycles. The quantitative estimate of drug-likeness (QED) is 0.487. The third kappa shape index (κ3) is 4.20. The van der Waals surface area contributed by atoms with Gasteiger partial charge in [-0.1, -0.05) is 50.1 Å². The molecule has 0 spiro atoms. The number of hydrogen-bond donors (Lipinski definition) is 0. The molecule has 6 heteroatoms. The van der Waals surface area contributed by atoms with Gasteiger partial charge in [-0.05, 0) is 37.1 Å². The van der Waals surface area contributed by atoms with Crippen molar-refractivity contribution < 1.29 is 9.18 Å². The molecule has 1 heterocycles. The summed E-state index contributed by atoms with van der Waals surface area (Å²) in [5.41, 5.74) is 1.59. The molecular formula is C22H25ClFN3O. The summed E-state index contributed by atoms with van der Waals surface area (Å²) >= 11 is 6.25. The third-order valence-corrected chi connectivity index (χ3v) is 5.09. The van der Waals surface area contributed by atoms with Crippen molar-refractivity contribution in [2.24, 2.45) is 0 Å². The van der Waals surface area contributed by atoms with Crippen LogP contribution in [0.25, 0.3) is 11.0 Å². The van der Waals surface area contributed by atoms with Crippen LogP contribution in [0.3, 0.4) is 0 Å². The lowest BCUT2D eigenvalue weighted by Crippen LogP contribution is -2.33. The van der Waals surface area contributed by atoms with Crippen LogP contribution in [0.15, 0.2) is 42.5 Å². The molecule has 0 radical (unpaired) electrons. The molecule has 0 saturated heterocycles. The van der Waals surface area contributed by atoms with Crippen molar-refractivity contribution in [2.45, 2.75) is 46.2 Å². The minimum Gasteiger partial charge on any atom is -0.331 e. The van der Waals surface area contributed by atoms with Gasteiger partial charge in [0.1, 0.15) is 11.3 Å². The predicted octanol–water partition coefficient (Wildman–Crippen LogP) is 5.68. The Morgan fingerprint density at radius 3 is 2.64 bits per heavy atom. The summed E-state index contributed by atoms with van der Waals surface area (Å²) < 4.78 is 16.3. The third-order valence-electron chi connectivity index (χ3n) is 4.76. The second-order valence-corrected chi connectivity index (χ2v) is 7.25. The van der Waals surface area contributed by atoms with E-state index in [9.17, 15) is 9.18 Å². The number of aryl methyl sites for hydroxylation is 1. The summed E-state index contributed by atoms with van der Waals surface area (Å²) in [6.07, 6.45) is 2.73. The highest BCUT2D eigenvalue weighted by molar-refractivity contribution is 6.33. The Labute approximate surface area is 169 Å². The molecule has 3 aromatic rings. The van der Waals surface area contributed by atoms with E-state index in [2.05, 4.69) is 18.8 Å². The SMILES string of the molecule is CCCCN(Cc1nc2c(F)cccc2n1CCC)C(=O)c1ccccc1Cl. The summed E-state index contributed by atoms with van der Waals surface area (Å²) in [5, 5.41) is 0.433. The maximum absolute atomic E-state index is 14.3. The lowest BCUT2D eigenvalue weighted by atomic mass is 10.2. The van der Waals surface area contributed by atoms with Gasteiger partial charge in [0.05, 0.1) is 22.6 Å². The Morgan fingerprint density at radius 2 is 1.93 bits per heavy atom. The number of nitrogens with zero attached hydrogens (tertiary/aromatic N) is 3. The molecule has 1 aromatic heterocycles. The first-order chi connectivity index (χ1) is 13.6. The fourth-order valence-corrected chi connectivity index (χ4v) is 3.55. The number of rotatable bonds is 8. The van der Waals surface area contributed by atoms with E-state index in [0.717, 1.165) is 31.3 Å². The van der Waals surface area contributed by atoms with Crippen LogP contribution in [0.1, 0.15) is 49.3 Å². The number of unbranched alkanes of at least 4 members (excludes halogenated alkanes) is 1. The standard InChI is InChI=1S/C22H25ClFN3O/c1-3-5-14-26(22(28)16-9-6-7-10-17(16)23)15-20-25-21-18(24)11-8-12-19(21)27(20)13-4-2/h6-12H,3-5,13-15H2,1-2H3. The van der Waals surface area contributed by atoms with E-state index < -0.39 is 0 Å². The van der Waals surface area contributed by atoms with Crippen LogP contribution in [-0.4, -0.2) is 26.9 Å². The molecule has 0 atom stereocenters. The molecule has 1 amide bonds. The lowest BCUT2D eigenvalue weighted by Gasteiger charge is -2.23. The maximum atomic E-state index is 14.3. The smallest absolute Gasteiger partial charge is 0.255 e. The molecule has 3 rings (SSSR count). The molecule has 0 bridgehead atoms. The molecule has 0 N–H and O–H groups in total. The summed E-state index contributed by atoms with van der Waals surface area (Å²) in [7, 11) is 0. The van der Waals surface area contributed by atoms with Gasteiger partial charge in [0.2, 0.25) is 0 Å². The van der Waals surface area contributed by atoms with Gasteiger partial charge >= 0.3 is 0 Å². The molecule has 0 unspecified atom stereocenters. The molecule has 0 aliphatic rings. The van der Waals surface area contributed by atoms with Gasteiger partial charge in [-0.25, -0.2) is 9.37 Å². The molecule has 0 fully saturated rings. The second kappa shape index (κ2) is 9.20. The molecule has 0 saturated carbocycles. The molecule has 4 nitrogen and oxygen atoms in total. The van der Waals surface area contributed by atoms with Crippen LogP contribution in [0.5, 0.6) is 0 Å². The van der Waals surface area contributed by atoms with Crippen molar-refractivity contribution >= 4 is 28.5 Å². The zero-order valence-electron chi connectivity index (χ0n) is 16.3. The highest BCUT2D eigenvalue weighted by Gasteiger charge is 2.22. The van der Waals surface area contributed by atoms with Crippen molar-refractivity contribution in [1.82, 2.24) is 14.5 Å². The number of carbonyl (C=O) groups excluding carboxylic acids is 1. The van der Waals surface area contributed by atoms with Crippen LogP contribution in [0.4, 0.5) is 4.39 Å². The number of aromatic nitrogens is 2. The van der Waals surface area contributed by atoms with E-state index in [0.29, 0.717) is 35.0 Å². The number of amides is 1. The zero-order chi connectivity index (χ0) is 20.1. The van der Waals surface area contributed by atoms with Gasteiger partial charge in [0.25, 0.3) is 5.91 Å². The number of halogens is 2. The van der Waals surface area contributed by atoms with Crippen molar-refractivity contribution in [3.8, 4) is 0 Å². The first kappa shape index (κ1) is 20.3. The highest BCUT2D eigenvalue weighted by Crippen LogP contribution is 2.23. The zero-order valence-corrected chi connectivity index (χ0v) is 17.0. The summed E-state index contributed by atoms with van der Waals surface area (Å²) in [4.78, 5) is 19.5. The Hall–Kier alpha value is -2.40. The first-order valence-corrected chi connectivity index (χ1v) is 10.1. The minimum absolute atomic E-state index is 0.130. The lowest BCUT2D eigenvalue weighted by molar-refractivity contribution is 0.0735. The highest BCUT2D eigenvalue weighted by atomic mass is 35.5. The van der Waals surface area contributed by atoms with E-state index in [4.69, 9.17) is 11.6 Å². The normalized spacial score (nSPS) is 11.1. The van der Waals surface area contributed by atoms with Gasteiger partial charge in [-0.3, -0.25) is 4.79 Å². The van der Waals surface area contributed by atoms with Crippen LogP contribution < -0.4 is 0 Å². The van der Waals surface area contributed by atoms with Gasteiger partial charge in [-0.2, -0.15) is 0 Å². The monoisotopic (exact) mass is 401 g/mol. The van der Waals surface area contributed by atoms with Crippen molar-refractivity contribution in [1.29, 1.82) is 0 Å². The van der Waals surface area contributed by atoms with Crippen LogP contribution in [-0.2, 0) is 13.1 Å². The fraction of sp³-hybridized carbons (Fsp3) is 0.364. The van der Waals surface area contributed by atoms with Crippen LogP contribution in [0.2, 0.25) is 5.02 Å². The number of carbonyl (C=O) groups is 1. The second-order valence-electron chi connectivity index (χ2n) is 6.85. The molecule has 0 aliphatic carbocycles. The van der Waals surface area contributed by atoms with E-state index in [1.165, 1.54) is 6.07 Å². The van der Waals surface area contributed by atoms with Crippen LogP contribution >= 0.6 is 11.6 Å². The Bertz CT molecular complexity index is 970. The van der Waals surface area contributed by atoms with E-state index in [1.54, 1.807) is 35.2 Å². The Balaban J connectivity index is 1.99. The number of benzene rings is 2. The first-order valence-electron chi connectivity index (χ1n) is 9.74. The summed E-state index contributed by atoms with van der Waals surface area (Å²) in [6.45, 7) is 5.78. The number of fused-ring (bicyclic) bond motifs is 1. The number of imidazole rings is 1. The van der Waals surface area contributed by atoms with E-state index in [-0.39, 0.29) is 11.7 Å². The molecule has 28 heavy (non-hydrogen) atoms. The van der Waals surface area contributed by atoms with Gasteiger partial charge in [0, 0.05) is 13.1 Å². The average Bonchev–Trinajstić information content (AvgIpc) is 3.04. The fourth-order valence-electron chi connectivity index (χ4n) is 3.33. The maximum Gasteiger partial charge on any atom is 0.255 e. The van der Waals surface area contributed by atoms with E-state index in [1.807, 2.05) is 10.6 Å². The average molecular weight is 402 g/mol. The topological polar surface area (TPSA) is 38.1 Å². The van der Waals surface area contributed by atoms with Gasteiger partial charge < -0.3 is 9.47 Å². The van der Waals surface area contributed by atoms with Crippen molar-refractivity contribution in [2.75, 3.05) is 6.54 Å². The summed E-state index contributed by atoms with van der Waals surface area (Å²) in [5.74, 6) is 0.222. The summed E-state index contributed by atoms with van der Waals surface area (Å²) in [6, 6.07) is 12.0. The number of para-hydroxylation sites is 1. The van der Waals surface area contributed by atoms with Crippen molar-refractivity contribution in [3.05, 3.63) is 64.7 Å². The number of hydrogen-bond acceptors (Lipinski definition) is 2. The Kier molecular flexibility index (Phi) is 6.68. The van der Waals surface area contributed by atoms with Crippen LogP contribution in [0, 0.1) is 5.82 Å². The van der Waals surface area contributed by atoms with Gasteiger partial charge in [0.15, 0.2) is 5.82 Å². The largest absolute Gasteiger partial charge is 0.331 e. The minimum atomic E-state index is -0.342. The van der Waals surface area contributed by atoms with E-state index >= 15 is 0 Å². The molecular weight excluding hydrogens is 377 g/mol.